The van der Waals surface area contributed by atoms with Crippen LogP contribution in [0, 0.1) is 0 Å². The van der Waals surface area contributed by atoms with Crippen LogP contribution in [0.5, 0.6) is 0 Å². The summed E-state index contributed by atoms with van der Waals surface area (Å²) in [6.45, 7) is 0.0912. The summed E-state index contributed by atoms with van der Waals surface area (Å²) in [6.07, 6.45) is 2.54. The molecule has 0 aliphatic carbocycles. The number of rotatable bonds is 5. The smallest absolute Gasteiger partial charge is 0.0555 e. The van der Waals surface area contributed by atoms with Crippen molar-refractivity contribution in [3.8, 4) is 0 Å². The van der Waals surface area contributed by atoms with Crippen LogP contribution in [-0.4, -0.2) is 33.4 Å². The maximum absolute atomic E-state index is 10.1. The molecule has 4 N–H and O–H groups in total. The quantitative estimate of drug-likeness (QED) is 0.455. The first-order valence-corrected chi connectivity index (χ1v) is 8.20. The maximum atomic E-state index is 10.1. The van der Waals surface area contributed by atoms with Crippen molar-refractivity contribution < 1.29 is 10.2 Å². The molecule has 0 spiro atoms. The number of aromatic nitrogens is 2. The average molecular weight is 320 g/mol. The molecule has 1 unspecified atom stereocenters. The van der Waals surface area contributed by atoms with E-state index in [2.05, 4.69) is 22.1 Å². The Balaban J connectivity index is 1.92. The molecule has 4 heteroatoms. The summed E-state index contributed by atoms with van der Waals surface area (Å²) < 4.78 is 0. The van der Waals surface area contributed by atoms with Crippen molar-refractivity contribution in [3.05, 3.63) is 71.5 Å². The second-order valence-corrected chi connectivity index (χ2v) is 6.06. The lowest BCUT2D eigenvalue weighted by atomic mass is 9.92. The molecule has 0 bridgehead atoms. The van der Waals surface area contributed by atoms with E-state index in [1.807, 2.05) is 42.6 Å². The normalized spacial score (nSPS) is 12.9. The third kappa shape index (κ3) is 2.31. The molecule has 2 heterocycles. The van der Waals surface area contributed by atoms with E-state index in [9.17, 15) is 10.2 Å². The van der Waals surface area contributed by atoms with E-state index < -0.39 is 0 Å². The first-order chi connectivity index (χ1) is 11.8. The zero-order valence-corrected chi connectivity index (χ0v) is 13.3. The fourth-order valence-corrected chi connectivity index (χ4v) is 3.63. The van der Waals surface area contributed by atoms with Gasteiger partial charge >= 0.3 is 0 Å². The highest BCUT2D eigenvalue weighted by Gasteiger charge is 2.23. The van der Waals surface area contributed by atoms with Crippen molar-refractivity contribution in [3.63, 3.8) is 0 Å². The Morgan fingerprint density at radius 1 is 0.875 bits per heavy atom. The Morgan fingerprint density at radius 3 is 2.33 bits per heavy atom. The Labute approximate surface area is 139 Å². The van der Waals surface area contributed by atoms with Crippen LogP contribution < -0.4 is 0 Å². The van der Waals surface area contributed by atoms with Gasteiger partial charge in [0.05, 0.1) is 6.61 Å². The largest absolute Gasteiger partial charge is 0.396 e. The van der Waals surface area contributed by atoms with Gasteiger partial charge < -0.3 is 20.2 Å². The number of nitrogens with one attached hydrogen (secondary N) is 2. The summed E-state index contributed by atoms with van der Waals surface area (Å²) in [6, 6.07) is 16.2. The predicted octanol–water partition coefficient (Wildman–Crippen LogP) is 3.31. The van der Waals surface area contributed by atoms with Crippen LogP contribution in [0.15, 0.2) is 54.7 Å². The minimum Gasteiger partial charge on any atom is -0.396 e. The third-order valence-electron chi connectivity index (χ3n) is 4.74. The molecule has 0 aliphatic heterocycles. The van der Waals surface area contributed by atoms with Crippen LogP contribution >= 0.6 is 0 Å². The minimum atomic E-state index is -0.157. The van der Waals surface area contributed by atoms with E-state index in [1.54, 1.807) is 0 Å². The monoisotopic (exact) mass is 320 g/mol. The standard InChI is InChI=1S/C20H20N2O2/c23-10-9-15-13-5-2-4-8-19(13)22-20(15)17(12-24)16-11-21-18-7-3-1-6-14(16)18/h1-8,11,17,21-24H,9-10,12H2. The SMILES string of the molecule is OCCc1c(C(CO)c2c[nH]c3ccccc23)[nH]c2ccccc12. The summed E-state index contributed by atoms with van der Waals surface area (Å²) >= 11 is 0. The van der Waals surface area contributed by atoms with Crippen molar-refractivity contribution in [1.29, 1.82) is 0 Å². The van der Waals surface area contributed by atoms with Gasteiger partial charge in [-0.2, -0.15) is 0 Å². The molecule has 0 amide bonds. The Kier molecular flexibility index (Phi) is 3.84. The zero-order chi connectivity index (χ0) is 16.5. The van der Waals surface area contributed by atoms with E-state index in [-0.39, 0.29) is 19.1 Å². The topological polar surface area (TPSA) is 72.0 Å². The van der Waals surface area contributed by atoms with Gasteiger partial charge in [0.1, 0.15) is 0 Å². The number of para-hydroxylation sites is 2. The van der Waals surface area contributed by atoms with E-state index >= 15 is 0 Å². The van der Waals surface area contributed by atoms with Crippen LogP contribution in [0.3, 0.4) is 0 Å². The molecule has 0 radical (unpaired) electrons. The molecule has 0 saturated carbocycles. The summed E-state index contributed by atoms with van der Waals surface area (Å²) in [7, 11) is 0. The molecule has 122 valence electrons. The first kappa shape index (κ1) is 15.0. The number of aliphatic hydroxyl groups excluding tert-OH is 2. The summed E-state index contributed by atoms with van der Waals surface area (Å²) in [4.78, 5) is 6.75. The lowest BCUT2D eigenvalue weighted by Crippen LogP contribution is -2.09. The Morgan fingerprint density at radius 2 is 1.58 bits per heavy atom. The molecule has 0 aliphatic rings. The lowest BCUT2D eigenvalue weighted by Gasteiger charge is -2.15. The highest BCUT2D eigenvalue weighted by molar-refractivity contribution is 5.87. The molecule has 4 rings (SSSR count). The van der Waals surface area contributed by atoms with Gasteiger partial charge in [-0.1, -0.05) is 36.4 Å². The van der Waals surface area contributed by atoms with Crippen molar-refractivity contribution in [2.24, 2.45) is 0 Å². The molecule has 0 fully saturated rings. The number of fused-ring (bicyclic) bond motifs is 2. The van der Waals surface area contributed by atoms with Crippen LogP contribution in [0.1, 0.15) is 22.7 Å². The molecule has 2 aromatic carbocycles. The second-order valence-electron chi connectivity index (χ2n) is 6.06. The zero-order valence-electron chi connectivity index (χ0n) is 13.3. The van der Waals surface area contributed by atoms with E-state index in [1.165, 1.54) is 0 Å². The number of aromatic amines is 2. The van der Waals surface area contributed by atoms with Gasteiger partial charge in [-0.3, -0.25) is 0 Å². The first-order valence-electron chi connectivity index (χ1n) is 8.20. The number of aliphatic hydroxyl groups is 2. The molecule has 24 heavy (non-hydrogen) atoms. The maximum Gasteiger partial charge on any atom is 0.0555 e. The van der Waals surface area contributed by atoms with Crippen molar-refractivity contribution in [2.75, 3.05) is 13.2 Å². The van der Waals surface area contributed by atoms with E-state index in [4.69, 9.17) is 0 Å². The van der Waals surface area contributed by atoms with Crippen LogP contribution in [0.25, 0.3) is 21.8 Å². The summed E-state index contributed by atoms with van der Waals surface area (Å²) in [5.74, 6) is -0.157. The highest BCUT2D eigenvalue weighted by atomic mass is 16.3. The Bertz CT molecular complexity index is 984. The van der Waals surface area contributed by atoms with Gasteiger partial charge in [0, 0.05) is 46.2 Å². The molecule has 0 saturated heterocycles. The Hall–Kier alpha value is -2.56. The fourth-order valence-electron chi connectivity index (χ4n) is 3.63. The van der Waals surface area contributed by atoms with Gasteiger partial charge in [-0.15, -0.1) is 0 Å². The number of hydrogen-bond acceptors (Lipinski definition) is 2. The van der Waals surface area contributed by atoms with E-state index in [0.717, 1.165) is 38.6 Å². The molecular weight excluding hydrogens is 300 g/mol. The number of H-pyrrole nitrogens is 2. The molecule has 4 nitrogen and oxygen atoms in total. The highest BCUT2D eigenvalue weighted by Crippen LogP contribution is 2.35. The van der Waals surface area contributed by atoms with Crippen LogP contribution in [0.2, 0.25) is 0 Å². The fraction of sp³-hybridized carbons (Fsp3) is 0.200. The third-order valence-corrected chi connectivity index (χ3v) is 4.74. The van der Waals surface area contributed by atoms with Gasteiger partial charge in [0.2, 0.25) is 0 Å². The minimum absolute atomic E-state index is 0.00704. The van der Waals surface area contributed by atoms with Gasteiger partial charge in [0.25, 0.3) is 0 Å². The van der Waals surface area contributed by atoms with Crippen LogP contribution in [0.4, 0.5) is 0 Å². The van der Waals surface area contributed by atoms with Crippen molar-refractivity contribution in [2.45, 2.75) is 12.3 Å². The van der Waals surface area contributed by atoms with Gasteiger partial charge in [-0.25, -0.2) is 0 Å². The van der Waals surface area contributed by atoms with Gasteiger partial charge in [-0.05, 0) is 29.7 Å². The van der Waals surface area contributed by atoms with Crippen molar-refractivity contribution >= 4 is 21.8 Å². The molecular formula is C20H20N2O2. The number of hydrogen-bond donors (Lipinski definition) is 4. The van der Waals surface area contributed by atoms with Crippen molar-refractivity contribution in [1.82, 2.24) is 9.97 Å². The number of benzene rings is 2. The van der Waals surface area contributed by atoms with Gasteiger partial charge in [0.15, 0.2) is 0 Å². The summed E-state index contributed by atoms with van der Waals surface area (Å²) in [5.41, 5.74) is 5.23. The lowest BCUT2D eigenvalue weighted by molar-refractivity contribution is 0.277. The molecule has 4 aromatic rings. The molecule has 1 atom stereocenters. The molecule has 2 aromatic heterocycles. The van der Waals surface area contributed by atoms with Crippen LogP contribution in [-0.2, 0) is 6.42 Å². The second kappa shape index (κ2) is 6.15. The summed E-state index contributed by atoms with van der Waals surface area (Å²) in [5, 5.41) is 21.9. The average Bonchev–Trinajstić information content (AvgIpc) is 3.19. The van der Waals surface area contributed by atoms with E-state index in [0.29, 0.717) is 6.42 Å². The predicted molar refractivity (Wildman–Crippen MR) is 96.3 cm³/mol.